The van der Waals surface area contributed by atoms with Crippen LogP contribution in [0.2, 0.25) is 0 Å². The highest BCUT2D eigenvalue weighted by molar-refractivity contribution is 9.10. The maximum Gasteiger partial charge on any atom is 0.240 e. The summed E-state index contributed by atoms with van der Waals surface area (Å²) in [6.07, 6.45) is 0. The molecule has 0 unspecified atom stereocenters. The van der Waals surface area contributed by atoms with E-state index in [9.17, 15) is 12.8 Å². The molecule has 3 N–H and O–H groups in total. The molecule has 0 radical (unpaired) electrons. The third-order valence-corrected chi connectivity index (χ3v) is 4.14. The summed E-state index contributed by atoms with van der Waals surface area (Å²) >= 11 is 2.95. The molecule has 0 fully saturated rings. The van der Waals surface area contributed by atoms with Crippen molar-refractivity contribution in [3.05, 3.63) is 28.5 Å². The molecule has 0 saturated heterocycles. The summed E-state index contributed by atoms with van der Waals surface area (Å²) in [5.74, 6) is -0.622. The van der Waals surface area contributed by atoms with Gasteiger partial charge in [0, 0.05) is 12.6 Å². The Bertz CT molecular complexity index is 478. The number of sulfonamides is 1. The molecular weight excluding hydrogens is 299 g/mol. The van der Waals surface area contributed by atoms with Crippen LogP contribution in [0.5, 0.6) is 0 Å². The Morgan fingerprint density at radius 2 is 2.19 bits per heavy atom. The lowest BCUT2D eigenvalue weighted by molar-refractivity contribution is 0.559. The van der Waals surface area contributed by atoms with E-state index in [0.717, 1.165) is 6.07 Å². The fraction of sp³-hybridized carbons (Fsp3) is 0.333. The van der Waals surface area contributed by atoms with E-state index in [-0.39, 0.29) is 15.9 Å². The van der Waals surface area contributed by atoms with Gasteiger partial charge in [0.1, 0.15) is 5.82 Å². The molecule has 90 valence electrons. The van der Waals surface area contributed by atoms with Gasteiger partial charge < -0.3 is 5.73 Å². The first-order chi connectivity index (χ1) is 7.36. The first-order valence-corrected chi connectivity index (χ1v) is 6.82. The lowest BCUT2D eigenvalue weighted by atomic mass is 10.3. The molecule has 0 bridgehead atoms. The van der Waals surface area contributed by atoms with Gasteiger partial charge in [-0.15, -0.1) is 0 Å². The number of halogens is 2. The predicted molar refractivity (Wildman–Crippen MR) is 62.9 cm³/mol. The number of rotatable bonds is 4. The smallest absolute Gasteiger partial charge is 0.240 e. The molecule has 16 heavy (non-hydrogen) atoms. The van der Waals surface area contributed by atoms with Gasteiger partial charge >= 0.3 is 0 Å². The minimum absolute atomic E-state index is 0.117. The van der Waals surface area contributed by atoms with Crippen molar-refractivity contribution in [3.63, 3.8) is 0 Å². The third kappa shape index (κ3) is 3.24. The molecule has 1 aromatic carbocycles. The van der Waals surface area contributed by atoms with Gasteiger partial charge in [-0.25, -0.2) is 17.5 Å². The summed E-state index contributed by atoms with van der Waals surface area (Å²) in [6.45, 7) is 1.81. The zero-order valence-corrected chi connectivity index (χ0v) is 11.0. The number of benzene rings is 1. The normalized spacial score (nSPS) is 13.8. The molecule has 1 aromatic rings. The van der Waals surface area contributed by atoms with Crippen LogP contribution in [0.1, 0.15) is 6.92 Å². The van der Waals surface area contributed by atoms with Crippen LogP contribution in [0.3, 0.4) is 0 Å². The fourth-order valence-corrected chi connectivity index (χ4v) is 2.54. The van der Waals surface area contributed by atoms with Gasteiger partial charge in [0.15, 0.2) is 0 Å². The Hall–Kier alpha value is -0.500. The molecule has 0 aromatic heterocycles. The van der Waals surface area contributed by atoms with E-state index in [1.807, 2.05) is 0 Å². The molecular formula is C9H12BrFN2O2S. The van der Waals surface area contributed by atoms with E-state index in [2.05, 4.69) is 20.7 Å². The molecule has 4 nitrogen and oxygen atoms in total. The van der Waals surface area contributed by atoms with Crippen molar-refractivity contribution in [2.24, 2.45) is 5.73 Å². The minimum atomic E-state index is -3.70. The van der Waals surface area contributed by atoms with Crippen molar-refractivity contribution in [1.82, 2.24) is 4.72 Å². The van der Waals surface area contributed by atoms with Crippen LogP contribution in [0, 0.1) is 5.82 Å². The van der Waals surface area contributed by atoms with Crippen LogP contribution in [0.4, 0.5) is 4.39 Å². The maximum absolute atomic E-state index is 13.2. The Balaban J connectivity index is 3.03. The summed E-state index contributed by atoms with van der Waals surface area (Å²) in [6, 6.07) is 3.22. The quantitative estimate of drug-likeness (QED) is 0.878. The van der Waals surface area contributed by atoms with Crippen LogP contribution in [-0.2, 0) is 10.0 Å². The topological polar surface area (TPSA) is 72.2 Å². The van der Waals surface area contributed by atoms with Gasteiger partial charge in [0.05, 0.1) is 9.37 Å². The van der Waals surface area contributed by atoms with Crippen molar-refractivity contribution in [2.75, 3.05) is 6.54 Å². The molecule has 0 saturated carbocycles. The standard InChI is InChI=1S/C9H12BrFN2O2S/c1-6(5-12)13-16(14,15)7-2-3-8(10)9(11)4-7/h2-4,6,13H,5,12H2,1H3/t6-/m1/s1. The second-order valence-corrected chi connectivity index (χ2v) is 5.90. The number of hydrogen-bond donors (Lipinski definition) is 2. The monoisotopic (exact) mass is 310 g/mol. The van der Waals surface area contributed by atoms with Crippen LogP contribution in [0.15, 0.2) is 27.6 Å². The average molecular weight is 311 g/mol. The molecule has 0 aliphatic carbocycles. The van der Waals surface area contributed by atoms with E-state index < -0.39 is 21.9 Å². The highest BCUT2D eigenvalue weighted by Gasteiger charge is 2.17. The van der Waals surface area contributed by atoms with Crippen molar-refractivity contribution < 1.29 is 12.8 Å². The van der Waals surface area contributed by atoms with E-state index in [1.54, 1.807) is 6.92 Å². The van der Waals surface area contributed by atoms with E-state index in [0.29, 0.717) is 0 Å². The molecule has 0 amide bonds. The Morgan fingerprint density at radius 1 is 1.56 bits per heavy atom. The van der Waals surface area contributed by atoms with Gasteiger partial charge in [-0.05, 0) is 41.1 Å². The Kier molecular flexibility index (Phi) is 4.43. The lowest BCUT2D eigenvalue weighted by Gasteiger charge is -2.12. The van der Waals surface area contributed by atoms with Gasteiger partial charge in [-0.3, -0.25) is 0 Å². The second-order valence-electron chi connectivity index (χ2n) is 3.33. The number of nitrogens with two attached hydrogens (primary N) is 1. The van der Waals surface area contributed by atoms with E-state index in [4.69, 9.17) is 5.73 Å². The van der Waals surface area contributed by atoms with Crippen molar-refractivity contribution in [1.29, 1.82) is 0 Å². The van der Waals surface area contributed by atoms with Crippen molar-refractivity contribution >= 4 is 26.0 Å². The highest BCUT2D eigenvalue weighted by atomic mass is 79.9. The molecule has 0 spiro atoms. The third-order valence-electron chi connectivity index (χ3n) is 1.91. The Labute approximate surface area is 102 Å². The van der Waals surface area contributed by atoms with Gasteiger partial charge in [-0.1, -0.05) is 0 Å². The molecule has 1 atom stereocenters. The van der Waals surface area contributed by atoms with E-state index in [1.165, 1.54) is 12.1 Å². The summed E-state index contributed by atoms with van der Waals surface area (Å²) in [5, 5.41) is 0. The van der Waals surface area contributed by atoms with Gasteiger partial charge in [-0.2, -0.15) is 0 Å². The lowest BCUT2D eigenvalue weighted by Crippen LogP contribution is -2.37. The predicted octanol–water partition coefficient (Wildman–Crippen LogP) is 1.21. The second kappa shape index (κ2) is 5.22. The molecule has 7 heteroatoms. The largest absolute Gasteiger partial charge is 0.329 e. The molecule has 1 rings (SSSR count). The van der Waals surface area contributed by atoms with E-state index >= 15 is 0 Å². The van der Waals surface area contributed by atoms with Gasteiger partial charge in [0.2, 0.25) is 10.0 Å². The van der Waals surface area contributed by atoms with Crippen molar-refractivity contribution in [3.8, 4) is 0 Å². The molecule has 0 aliphatic heterocycles. The first kappa shape index (κ1) is 13.6. The summed E-state index contributed by atoms with van der Waals surface area (Å²) < 4.78 is 39.2. The fourth-order valence-electron chi connectivity index (χ4n) is 1.03. The summed E-state index contributed by atoms with van der Waals surface area (Å²) in [5.41, 5.74) is 5.30. The van der Waals surface area contributed by atoms with Crippen LogP contribution < -0.4 is 10.5 Å². The van der Waals surface area contributed by atoms with Crippen LogP contribution in [0.25, 0.3) is 0 Å². The zero-order valence-electron chi connectivity index (χ0n) is 8.57. The van der Waals surface area contributed by atoms with Crippen LogP contribution in [-0.4, -0.2) is 21.0 Å². The minimum Gasteiger partial charge on any atom is -0.329 e. The number of hydrogen-bond acceptors (Lipinski definition) is 3. The number of nitrogens with one attached hydrogen (secondary N) is 1. The average Bonchev–Trinajstić information content (AvgIpc) is 2.21. The van der Waals surface area contributed by atoms with Crippen molar-refractivity contribution in [2.45, 2.75) is 17.9 Å². The SMILES string of the molecule is C[C@H](CN)NS(=O)(=O)c1ccc(Br)c(F)c1. The first-order valence-electron chi connectivity index (χ1n) is 4.54. The van der Waals surface area contributed by atoms with Gasteiger partial charge in [0.25, 0.3) is 0 Å². The summed E-state index contributed by atoms with van der Waals surface area (Å²) in [4.78, 5) is -0.117. The summed E-state index contributed by atoms with van der Waals surface area (Å²) in [7, 11) is -3.70. The molecule has 0 heterocycles. The Morgan fingerprint density at radius 3 is 2.69 bits per heavy atom. The maximum atomic E-state index is 13.2. The van der Waals surface area contributed by atoms with Crippen LogP contribution >= 0.6 is 15.9 Å². The highest BCUT2D eigenvalue weighted by Crippen LogP contribution is 2.19. The molecule has 0 aliphatic rings. The zero-order chi connectivity index (χ0) is 12.3.